The molecular formula is C13H15FN4O2S. The maximum Gasteiger partial charge on any atom is 0.325 e. The lowest BCUT2D eigenvalue weighted by atomic mass is 10.3. The summed E-state index contributed by atoms with van der Waals surface area (Å²) in [7, 11) is 0. The maximum atomic E-state index is 13.4. The monoisotopic (exact) mass is 310 g/mol. The standard InChI is InChI=1S/C13H15FN4O2S/c1-2-20-8-7-11-17-18-13(21-11)16-12(19)15-10-6-4-3-5-9(10)14/h3-6H,2,7-8H2,1H3,(H2,15,16,18,19). The summed E-state index contributed by atoms with van der Waals surface area (Å²) < 4.78 is 18.6. The Morgan fingerprint density at radius 3 is 2.90 bits per heavy atom. The van der Waals surface area contributed by atoms with Crippen LogP contribution in [0.15, 0.2) is 24.3 Å². The lowest BCUT2D eigenvalue weighted by Crippen LogP contribution is -2.19. The van der Waals surface area contributed by atoms with Crippen molar-refractivity contribution in [1.29, 1.82) is 0 Å². The number of para-hydroxylation sites is 1. The van der Waals surface area contributed by atoms with E-state index >= 15 is 0 Å². The number of hydrogen-bond donors (Lipinski definition) is 2. The Morgan fingerprint density at radius 1 is 1.33 bits per heavy atom. The van der Waals surface area contributed by atoms with Crippen LogP contribution in [0.25, 0.3) is 0 Å². The molecule has 0 saturated carbocycles. The van der Waals surface area contributed by atoms with Crippen LogP contribution >= 0.6 is 11.3 Å². The van der Waals surface area contributed by atoms with Crippen molar-refractivity contribution < 1.29 is 13.9 Å². The molecule has 0 spiro atoms. The summed E-state index contributed by atoms with van der Waals surface area (Å²) in [6.07, 6.45) is 0.641. The quantitative estimate of drug-likeness (QED) is 0.804. The van der Waals surface area contributed by atoms with Crippen molar-refractivity contribution in [3.8, 4) is 0 Å². The smallest absolute Gasteiger partial charge is 0.325 e. The third kappa shape index (κ3) is 4.76. The maximum absolute atomic E-state index is 13.4. The van der Waals surface area contributed by atoms with Crippen LogP contribution < -0.4 is 10.6 Å². The molecule has 6 nitrogen and oxygen atoms in total. The van der Waals surface area contributed by atoms with Gasteiger partial charge in [-0.05, 0) is 19.1 Å². The van der Waals surface area contributed by atoms with Crippen molar-refractivity contribution in [3.05, 3.63) is 35.1 Å². The van der Waals surface area contributed by atoms with E-state index in [1.54, 1.807) is 12.1 Å². The van der Waals surface area contributed by atoms with Gasteiger partial charge in [-0.15, -0.1) is 10.2 Å². The Hall–Kier alpha value is -2.06. The second kappa shape index (κ2) is 7.65. The first-order valence-corrected chi connectivity index (χ1v) is 7.23. The SMILES string of the molecule is CCOCCc1nnc(NC(=O)Nc2ccccc2F)s1. The van der Waals surface area contributed by atoms with Gasteiger partial charge in [-0.1, -0.05) is 23.5 Å². The Kier molecular flexibility index (Phi) is 5.59. The van der Waals surface area contributed by atoms with E-state index in [1.165, 1.54) is 23.5 Å². The summed E-state index contributed by atoms with van der Waals surface area (Å²) in [5, 5.41) is 13.8. The van der Waals surface area contributed by atoms with E-state index in [1.807, 2.05) is 6.92 Å². The van der Waals surface area contributed by atoms with Gasteiger partial charge in [0, 0.05) is 13.0 Å². The summed E-state index contributed by atoms with van der Waals surface area (Å²) in [6, 6.07) is 5.37. The minimum absolute atomic E-state index is 0.107. The van der Waals surface area contributed by atoms with Crippen LogP contribution in [0.4, 0.5) is 20.0 Å². The molecule has 2 rings (SSSR count). The van der Waals surface area contributed by atoms with Crippen molar-refractivity contribution in [2.24, 2.45) is 0 Å². The molecule has 1 aromatic heterocycles. The average Bonchev–Trinajstić information content (AvgIpc) is 2.89. The number of ether oxygens (including phenoxy) is 1. The Morgan fingerprint density at radius 2 is 2.14 bits per heavy atom. The summed E-state index contributed by atoms with van der Waals surface area (Å²) >= 11 is 1.26. The lowest BCUT2D eigenvalue weighted by molar-refractivity contribution is 0.150. The topological polar surface area (TPSA) is 76.1 Å². The van der Waals surface area contributed by atoms with Crippen molar-refractivity contribution in [1.82, 2.24) is 10.2 Å². The zero-order valence-corrected chi connectivity index (χ0v) is 12.2. The highest BCUT2D eigenvalue weighted by molar-refractivity contribution is 7.15. The second-order valence-electron chi connectivity index (χ2n) is 4.01. The fourth-order valence-corrected chi connectivity index (χ4v) is 2.24. The highest BCUT2D eigenvalue weighted by Gasteiger charge is 2.10. The first kappa shape index (κ1) is 15.3. The van der Waals surface area contributed by atoms with Gasteiger partial charge in [0.25, 0.3) is 0 Å². The van der Waals surface area contributed by atoms with Gasteiger partial charge in [0.15, 0.2) is 0 Å². The highest BCUT2D eigenvalue weighted by atomic mass is 32.1. The molecule has 0 unspecified atom stereocenters. The number of hydrogen-bond acceptors (Lipinski definition) is 5. The van der Waals surface area contributed by atoms with Gasteiger partial charge in [0.05, 0.1) is 12.3 Å². The molecule has 21 heavy (non-hydrogen) atoms. The fraction of sp³-hybridized carbons (Fsp3) is 0.308. The molecule has 0 bridgehead atoms. The van der Waals surface area contributed by atoms with Gasteiger partial charge in [0.2, 0.25) is 5.13 Å². The minimum Gasteiger partial charge on any atom is -0.381 e. The number of benzene rings is 1. The van der Waals surface area contributed by atoms with E-state index in [4.69, 9.17) is 4.74 Å². The molecular weight excluding hydrogens is 295 g/mol. The van der Waals surface area contributed by atoms with Gasteiger partial charge in [-0.3, -0.25) is 5.32 Å². The Bertz CT molecular complexity index is 605. The summed E-state index contributed by atoms with van der Waals surface area (Å²) in [5.41, 5.74) is 0.107. The molecule has 1 heterocycles. The van der Waals surface area contributed by atoms with E-state index in [0.29, 0.717) is 24.8 Å². The van der Waals surface area contributed by atoms with E-state index in [0.717, 1.165) is 5.01 Å². The predicted octanol–water partition coefficient (Wildman–Crippen LogP) is 2.90. The van der Waals surface area contributed by atoms with Crippen molar-refractivity contribution in [2.75, 3.05) is 23.8 Å². The van der Waals surface area contributed by atoms with Crippen molar-refractivity contribution in [2.45, 2.75) is 13.3 Å². The van der Waals surface area contributed by atoms with E-state index < -0.39 is 11.8 Å². The Balaban J connectivity index is 1.87. The molecule has 2 aromatic rings. The van der Waals surface area contributed by atoms with Gasteiger partial charge < -0.3 is 10.1 Å². The van der Waals surface area contributed by atoms with E-state index in [2.05, 4.69) is 20.8 Å². The first-order valence-electron chi connectivity index (χ1n) is 6.41. The molecule has 8 heteroatoms. The number of nitrogens with one attached hydrogen (secondary N) is 2. The van der Waals surface area contributed by atoms with Gasteiger partial charge in [-0.2, -0.15) is 0 Å². The normalized spacial score (nSPS) is 10.4. The zero-order chi connectivity index (χ0) is 15.1. The van der Waals surface area contributed by atoms with Gasteiger partial charge in [-0.25, -0.2) is 9.18 Å². The van der Waals surface area contributed by atoms with Crippen LogP contribution in [-0.2, 0) is 11.2 Å². The molecule has 0 aliphatic heterocycles. The first-order chi connectivity index (χ1) is 10.2. The number of nitrogens with zero attached hydrogens (tertiary/aromatic N) is 2. The Labute approximate surface area is 125 Å². The van der Waals surface area contributed by atoms with Crippen molar-refractivity contribution in [3.63, 3.8) is 0 Å². The predicted molar refractivity (Wildman–Crippen MR) is 79.1 cm³/mol. The molecule has 1 aromatic carbocycles. The minimum atomic E-state index is -0.562. The largest absolute Gasteiger partial charge is 0.381 e. The third-order valence-electron chi connectivity index (χ3n) is 2.47. The highest BCUT2D eigenvalue weighted by Crippen LogP contribution is 2.17. The molecule has 0 aliphatic rings. The molecule has 0 aliphatic carbocycles. The summed E-state index contributed by atoms with van der Waals surface area (Å²) in [4.78, 5) is 11.7. The molecule has 0 atom stereocenters. The van der Waals surface area contributed by atoms with Crippen LogP contribution in [-0.4, -0.2) is 29.4 Å². The molecule has 112 valence electrons. The van der Waals surface area contributed by atoms with Gasteiger partial charge >= 0.3 is 6.03 Å². The van der Waals surface area contributed by atoms with Gasteiger partial charge in [0.1, 0.15) is 10.8 Å². The number of rotatable bonds is 6. The average molecular weight is 310 g/mol. The second-order valence-corrected chi connectivity index (χ2v) is 5.07. The molecule has 0 fully saturated rings. The number of aromatic nitrogens is 2. The van der Waals surface area contributed by atoms with Crippen LogP contribution in [0, 0.1) is 5.82 Å². The molecule has 2 amide bonds. The van der Waals surface area contributed by atoms with Crippen LogP contribution in [0.2, 0.25) is 0 Å². The van der Waals surface area contributed by atoms with Crippen LogP contribution in [0.1, 0.15) is 11.9 Å². The summed E-state index contributed by atoms with van der Waals surface area (Å²) in [6.45, 7) is 3.13. The van der Waals surface area contributed by atoms with Crippen LogP contribution in [0.5, 0.6) is 0 Å². The number of carbonyl (C=O) groups is 1. The van der Waals surface area contributed by atoms with Crippen molar-refractivity contribution >= 4 is 28.2 Å². The number of carbonyl (C=O) groups excluding carboxylic acids is 1. The fourth-order valence-electron chi connectivity index (χ4n) is 1.52. The number of urea groups is 1. The number of anilines is 2. The molecule has 0 radical (unpaired) electrons. The van der Waals surface area contributed by atoms with Crippen LogP contribution in [0.3, 0.4) is 0 Å². The molecule has 0 saturated heterocycles. The zero-order valence-electron chi connectivity index (χ0n) is 11.4. The number of amides is 2. The lowest BCUT2D eigenvalue weighted by Gasteiger charge is -2.05. The van der Waals surface area contributed by atoms with E-state index in [9.17, 15) is 9.18 Å². The molecule has 2 N–H and O–H groups in total. The summed E-state index contributed by atoms with van der Waals surface area (Å²) in [5.74, 6) is -0.498. The van der Waals surface area contributed by atoms with E-state index in [-0.39, 0.29) is 5.69 Å². The third-order valence-corrected chi connectivity index (χ3v) is 3.37. The number of halogens is 1.